The third kappa shape index (κ3) is 3.37. The number of aryl methyl sites for hydroxylation is 2. The Balaban J connectivity index is 2.23. The van der Waals surface area contributed by atoms with Crippen LogP contribution in [0.1, 0.15) is 27.0 Å². The molecule has 0 radical (unpaired) electrons. The Kier molecular flexibility index (Phi) is 4.28. The molecule has 19 heavy (non-hydrogen) atoms. The zero-order chi connectivity index (χ0) is 14.0. The van der Waals surface area contributed by atoms with Gasteiger partial charge in [0.2, 0.25) is 0 Å². The molecule has 0 spiro atoms. The number of ketones is 1. The summed E-state index contributed by atoms with van der Waals surface area (Å²) in [6, 6.07) is 11.1. The van der Waals surface area contributed by atoms with Crippen molar-refractivity contribution in [2.45, 2.75) is 20.3 Å². The van der Waals surface area contributed by atoms with Crippen LogP contribution in [0.2, 0.25) is 10.0 Å². The molecule has 0 bridgehead atoms. The van der Waals surface area contributed by atoms with Crippen molar-refractivity contribution < 1.29 is 4.79 Å². The predicted molar refractivity (Wildman–Crippen MR) is 80.4 cm³/mol. The fourth-order valence-corrected chi connectivity index (χ4v) is 2.32. The lowest BCUT2D eigenvalue weighted by Gasteiger charge is -2.06. The average Bonchev–Trinajstić information content (AvgIpc) is 2.36. The van der Waals surface area contributed by atoms with E-state index in [1.807, 2.05) is 38.1 Å². The largest absolute Gasteiger partial charge is 0.294 e. The van der Waals surface area contributed by atoms with E-state index in [1.165, 1.54) is 0 Å². The molecule has 0 fully saturated rings. The quantitative estimate of drug-likeness (QED) is 0.725. The van der Waals surface area contributed by atoms with Crippen molar-refractivity contribution in [3.63, 3.8) is 0 Å². The third-order valence-electron chi connectivity index (χ3n) is 3.05. The number of carbonyl (C=O) groups is 1. The van der Waals surface area contributed by atoms with Gasteiger partial charge in [0.25, 0.3) is 0 Å². The molecular formula is C16H14Cl2O. The Morgan fingerprint density at radius 1 is 1.00 bits per heavy atom. The minimum Gasteiger partial charge on any atom is -0.294 e. The van der Waals surface area contributed by atoms with Crippen LogP contribution in [0.3, 0.4) is 0 Å². The highest BCUT2D eigenvalue weighted by atomic mass is 35.5. The molecule has 0 aliphatic carbocycles. The molecule has 2 aromatic carbocycles. The summed E-state index contributed by atoms with van der Waals surface area (Å²) in [5.41, 5.74) is 3.51. The maximum absolute atomic E-state index is 12.2. The van der Waals surface area contributed by atoms with Gasteiger partial charge >= 0.3 is 0 Å². The Hall–Kier alpha value is -1.31. The number of hydrogen-bond donors (Lipinski definition) is 0. The summed E-state index contributed by atoms with van der Waals surface area (Å²) in [6.45, 7) is 3.88. The molecule has 3 heteroatoms. The van der Waals surface area contributed by atoms with E-state index in [9.17, 15) is 4.79 Å². The average molecular weight is 293 g/mol. The van der Waals surface area contributed by atoms with Gasteiger partial charge in [-0.2, -0.15) is 0 Å². The minimum atomic E-state index is 0.0210. The van der Waals surface area contributed by atoms with Crippen LogP contribution in [0.15, 0.2) is 36.4 Å². The van der Waals surface area contributed by atoms with Crippen LogP contribution in [-0.2, 0) is 6.42 Å². The maximum atomic E-state index is 12.2. The van der Waals surface area contributed by atoms with Gasteiger partial charge in [-0.25, -0.2) is 0 Å². The van der Waals surface area contributed by atoms with Crippen molar-refractivity contribution in [2.24, 2.45) is 0 Å². The summed E-state index contributed by atoms with van der Waals surface area (Å²) < 4.78 is 0. The van der Waals surface area contributed by atoms with Crippen molar-refractivity contribution in [1.29, 1.82) is 0 Å². The van der Waals surface area contributed by atoms with Crippen molar-refractivity contribution in [3.8, 4) is 0 Å². The summed E-state index contributed by atoms with van der Waals surface area (Å²) in [6.07, 6.45) is 0.290. The molecule has 0 unspecified atom stereocenters. The van der Waals surface area contributed by atoms with E-state index in [0.717, 1.165) is 16.7 Å². The molecule has 98 valence electrons. The third-order valence-corrected chi connectivity index (χ3v) is 3.81. The monoisotopic (exact) mass is 292 g/mol. The van der Waals surface area contributed by atoms with E-state index in [1.54, 1.807) is 12.1 Å². The van der Waals surface area contributed by atoms with E-state index in [4.69, 9.17) is 23.2 Å². The first-order chi connectivity index (χ1) is 8.97. The molecule has 0 saturated carbocycles. The zero-order valence-electron chi connectivity index (χ0n) is 10.8. The van der Waals surface area contributed by atoms with E-state index in [0.29, 0.717) is 22.0 Å². The lowest BCUT2D eigenvalue weighted by atomic mass is 10.0. The molecule has 0 aromatic heterocycles. The van der Waals surface area contributed by atoms with Gasteiger partial charge in [-0.15, -0.1) is 0 Å². The van der Waals surface area contributed by atoms with Gasteiger partial charge in [0.05, 0.1) is 0 Å². The SMILES string of the molecule is Cc1ccc(CC(=O)c2ccc(C)c(Cl)c2)c(Cl)c1. The maximum Gasteiger partial charge on any atom is 0.167 e. The predicted octanol–water partition coefficient (Wildman–Crippen LogP) is 5.04. The van der Waals surface area contributed by atoms with E-state index in [2.05, 4.69) is 0 Å². The zero-order valence-corrected chi connectivity index (χ0v) is 12.3. The molecule has 2 rings (SSSR count). The number of benzene rings is 2. The highest BCUT2D eigenvalue weighted by Crippen LogP contribution is 2.21. The number of halogens is 2. The van der Waals surface area contributed by atoms with Crippen molar-refractivity contribution in [2.75, 3.05) is 0 Å². The first kappa shape index (κ1) is 14.1. The van der Waals surface area contributed by atoms with Gasteiger partial charge in [0, 0.05) is 22.0 Å². The van der Waals surface area contributed by atoms with Crippen molar-refractivity contribution >= 4 is 29.0 Å². The highest BCUT2D eigenvalue weighted by molar-refractivity contribution is 6.32. The van der Waals surface area contributed by atoms with E-state index in [-0.39, 0.29) is 5.78 Å². The molecule has 0 aliphatic heterocycles. The van der Waals surface area contributed by atoms with Gasteiger partial charge in [0.15, 0.2) is 5.78 Å². The van der Waals surface area contributed by atoms with Gasteiger partial charge in [-0.05, 0) is 42.7 Å². The van der Waals surface area contributed by atoms with Gasteiger partial charge < -0.3 is 0 Å². The van der Waals surface area contributed by atoms with Crippen LogP contribution in [0.4, 0.5) is 0 Å². The molecule has 0 saturated heterocycles. The molecule has 1 nitrogen and oxygen atoms in total. The second kappa shape index (κ2) is 5.77. The second-order valence-electron chi connectivity index (χ2n) is 4.66. The number of carbonyl (C=O) groups excluding carboxylic acids is 1. The van der Waals surface area contributed by atoms with Gasteiger partial charge in [-0.1, -0.05) is 47.5 Å². The highest BCUT2D eigenvalue weighted by Gasteiger charge is 2.11. The van der Waals surface area contributed by atoms with Crippen LogP contribution in [-0.4, -0.2) is 5.78 Å². The summed E-state index contributed by atoms with van der Waals surface area (Å²) in [5, 5.41) is 1.24. The minimum absolute atomic E-state index is 0.0210. The molecule has 0 N–H and O–H groups in total. The lowest BCUT2D eigenvalue weighted by Crippen LogP contribution is -2.04. The van der Waals surface area contributed by atoms with Crippen LogP contribution in [0, 0.1) is 13.8 Å². The Morgan fingerprint density at radius 2 is 1.74 bits per heavy atom. The summed E-state index contributed by atoms with van der Waals surface area (Å²) in [5.74, 6) is 0.0210. The summed E-state index contributed by atoms with van der Waals surface area (Å²) in [7, 11) is 0. The Morgan fingerprint density at radius 3 is 2.37 bits per heavy atom. The summed E-state index contributed by atoms with van der Waals surface area (Å²) in [4.78, 5) is 12.2. The van der Waals surface area contributed by atoms with Crippen LogP contribution in [0.25, 0.3) is 0 Å². The van der Waals surface area contributed by atoms with Gasteiger partial charge in [-0.3, -0.25) is 4.79 Å². The Bertz CT molecular complexity index is 633. The van der Waals surface area contributed by atoms with Gasteiger partial charge in [0.1, 0.15) is 0 Å². The number of rotatable bonds is 3. The van der Waals surface area contributed by atoms with Crippen molar-refractivity contribution in [1.82, 2.24) is 0 Å². The Labute approximate surface area is 123 Å². The normalized spacial score (nSPS) is 10.5. The first-order valence-corrected chi connectivity index (χ1v) is 6.77. The van der Waals surface area contributed by atoms with E-state index >= 15 is 0 Å². The molecule has 2 aromatic rings. The second-order valence-corrected chi connectivity index (χ2v) is 5.47. The molecule has 0 heterocycles. The molecule has 0 amide bonds. The number of Topliss-reactive ketones (excluding diaryl/α,β-unsaturated/α-hetero) is 1. The fourth-order valence-electron chi connectivity index (χ4n) is 1.84. The smallest absolute Gasteiger partial charge is 0.167 e. The fraction of sp³-hybridized carbons (Fsp3) is 0.188. The van der Waals surface area contributed by atoms with Crippen molar-refractivity contribution in [3.05, 3.63) is 68.7 Å². The summed E-state index contributed by atoms with van der Waals surface area (Å²) >= 11 is 12.2. The van der Waals surface area contributed by atoms with E-state index < -0.39 is 0 Å². The molecular weight excluding hydrogens is 279 g/mol. The lowest BCUT2D eigenvalue weighted by molar-refractivity contribution is 0.0993. The molecule has 0 atom stereocenters. The molecule has 0 aliphatic rings. The topological polar surface area (TPSA) is 17.1 Å². The number of hydrogen-bond acceptors (Lipinski definition) is 1. The van der Waals surface area contributed by atoms with Crippen LogP contribution < -0.4 is 0 Å². The first-order valence-electron chi connectivity index (χ1n) is 6.02. The van der Waals surface area contributed by atoms with Crippen LogP contribution >= 0.6 is 23.2 Å². The van der Waals surface area contributed by atoms with Crippen LogP contribution in [0.5, 0.6) is 0 Å². The standard InChI is InChI=1S/C16H14Cl2O/c1-10-3-5-12(15(18)7-10)9-16(19)13-6-4-11(2)14(17)8-13/h3-8H,9H2,1-2H3.